The van der Waals surface area contributed by atoms with Crippen molar-refractivity contribution in [2.45, 2.75) is 52.4 Å². The first-order valence-corrected chi connectivity index (χ1v) is 8.73. The van der Waals surface area contributed by atoms with Gasteiger partial charge in [-0.1, -0.05) is 38.1 Å². The van der Waals surface area contributed by atoms with Crippen LogP contribution >= 0.6 is 0 Å². The third-order valence-corrected chi connectivity index (χ3v) is 4.34. The van der Waals surface area contributed by atoms with Crippen LogP contribution in [-0.4, -0.2) is 56.3 Å². The van der Waals surface area contributed by atoms with Gasteiger partial charge in [0, 0.05) is 18.7 Å². The number of hydrogen-bond donors (Lipinski definition) is 0. The molecule has 1 aromatic heterocycles. The van der Waals surface area contributed by atoms with E-state index in [0.717, 1.165) is 5.56 Å². The number of carbonyl (C=O) groups excluding carboxylic acids is 1. The summed E-state index contributed by atoms with van der Waals surface area (Å²) in [5.41, 5.74) is 2.17. The maximum absolute atomic E-state index is 12.5. The number of rotatable bonds is 4. The van der Waals surface area contributed by atoms with Gasteiger partial charge in [0.15, 0.2) is 0 Å². The summed E-state index contributed by atoms with van der Waals surface area (Å²) in [6.45, 7) is 9.55. The minimum atomic E-state index is -0.0129. The van der Waals surface area contributed by atoms with E-state index in [4.69, 9.17) is 4.74 Å². The Morgan fingerprint density at radius 1 is 1.20 bits per heavy atom. The van der Waals surface area contributed by atoms with Gasteiger partial charge >= 0.3 is 0 Å². The van der Waals surface area contributed by atoms with Gasteiger partial charge in [0.1, 0.15) is 6.54 Å². The minimum absolute atomic E-state index is 0.0129. The Kier molecular flexibility index (Phi) is 5.13. The molecule has 7 heteroatoms. The molecule has 0 spiro atoms. The second-order valence-electron chi connectivity index (χ2n) is 6.98. The molecule has 0 N–H and O–H groups in total. The summed E-state index contributed by atoms with van der Waals surface area (Å²) >= 11 is 0. The van der Waals surface area contributed by atoms with Gasteiger partial charge < -0.3 is 9.64 Å². The largest absolute Gasteiger partial charge is 0.372 e. The van der Waals surface area contributed by atoms with Crippen molar-refractivity contribution in [2.24, 2.45) is 0 Å². The maximum Gasteiger partial charge on any atom is 0.246 e. The van der Waals surface area contributed by atoms with Gasteiger partial charge in [-0.2, -0.15) is 4.80 Å². The van der Waals surface area contributed by atoms with Gasteiger partial charge in [0.25, 0.3) is 0 Å². The Labute approximate surface area is 148 Å². The molecule has 0 unspecified atom stereocenters. The van der Waals surface area contributed by atoms with Crippen LogP contribution in [0.25, 0.3) is 11.4 Å². The van der Waals surface area contributed by atoms with Crippen molar-refractivity contribution in [1.29, 1.82) is 0 Å². The molecule has 1 aliphatic rings. The molecule has 0 aliphatic carbocycles. The van der Waals surface area contributed by atoms with Crippen LogP contribution < -0.4 is 0 Å². The highest BCUT2D eigenvalue weighted by Crippen LogP contribution is 2.19. The van der Waals surface area contributed by atoms with E-state index in [1.165, 1.54) is 10.4 Å². The number of aromatic nitrogens is 4. The van der Waals surface area contributed by atoms with Crippen molar-refractivity contribution in [3.8, 4) is 11.4 Å². The number of hydrogen-bond acceptors (Lipinski definition) is 5. The highest BCUT2D eigenvalue weighted by atomic mass is 16.5. The first-order valence-electron chi connectivity index (χ1n) is 8.73. The predicted octanol–water partition coefficient (Wildman–Crippen LogP) is 2.10. The first kappa shape index (κ1) is 17.5. The normalized spacial score (nSPS) is 20.9. The van der Waals surface area contributed by atoms with Gasteiger partial charge in [-0.05, 0) is 30.5 Å². The molecule has 1 saturated heterocycles. The van der Waals surface area contributed by atoms with E-state index in [1.54, 1.807) is 4.90 Å². The first-order chi connectivity index (χ1) is 11.9. The maximum atomic E-state index is 12.5. The smallest absolute Gasteiger partial charge is 0.246 e. The molecule has 0 radical (unpaired) electrons. The lowest BCUT2D eigenvalue weighted by Crippen LogP contribution is -2.49. The molecule has 1 aliphatic heterocycles. The van der Waals surface area contributed by atoms with Crippen molar-refractivity contribution < 1.29 is 9.53 Å². The Bertz CT molecular complexity index is 715. The third-order valence-electron chi connectivity index (χ3n) is 4.34. The summed E-state index contributed by atoms with van der Waals surface area (Å²) in [7, 11) is 0. The van der Waals surface area contributed by atoms with E-state index in [2.05, 4.69) is 41.4 Å². The quantitative estimate of drug-likeness (QED) is 0.850. The van der Waals surface area contributed by atoms with Crippen molar-refractivity contribution in [1.82, 2.24) is 25.1 Å². The topological polar surface area (TPSA) is 73.1 Å². The van der Waals surface area contributed by atoms with Gasteiger partial charge in [0.2, 0.25) is 11.7 Å². The molecule has 0 bridgehead atoms. The van der Waals surface area contributed by atoms with Gasteiger partial charge in [-0.25, -0.2) is 0 Å². The van der Waals surface area contributed by atoms with Crippen molar-refractivity contribution >= 4 is 5.91 Å². The van der Waals surface area contributed by atoms with Crippen molar-refractivity contribution in [2.75, 3.05) is 13.1 Å². The number of nitrogens with zero attached hydrogens (tertiary/aromatic N) is 5. The summed E-state index contributed by atoms with van der Waals surface area (Å²) in [5, 5.41) is 12.4. The van der Waals surface area contributed by atoms with E-state index < -0.39 is 0 Å². The fourth-order valence-electron chi connectivity index (χ4n) is 3.05. The molecule has 25 heavy (non-hydrogen) atoms. The van der Waals surface area contributed by atoms with Crippen LogP contribution in [0.3, 0.4) is 0 Å². The number of morpholine rings is 1. The molecule has 1 fully saturated rings. The highest BCUT2D eigenvalue weighted by molar-refractivity contribution is 5.76. The van der Waals surface area contributed by atoms with Crippen LogP contribution in [0.15, 0.2) is 24.3 Å². The van der Waals surface area contributed by atoms with Crippen LogP contribution in [0.1, 0.15) is 39.2 Å². The third kappa shape index (κ3) is 4.22. The molecule has 1 aromatic carbocycles. The zero-order chi connectivity index (χ0) is 18.0. The average Bonchev–Trinajstić information content (AvgIpc) is 3.02. The Balaban J connectivity index is 1.66. The average molecular weight is 343 g/mol. The second-order valence-corrected chi connectivity index (χ2v) is 6.98. The molecule has 1 amide bonds. The van der Waals surface area contributed by atoms with Crippen LogP contribution in [0.5, 0.6) is 0 Å². The molecule has 7 nitrogen and oxygen atoms in total. The Morgan fingerprint density at radius 2 is 1.84 bits per heavy atom. The summed E-state index contributed by atoms with van der Waals surface area (Å²) < 4.78 is 5.66. The number of carbonyl (C=O) groups is 1. The zero-order valence-corrected chi connectivity index (χ0v) is 15.2. The van der Waals surface area contributed by atoms with Crippen molar-refractivity contribution in [3.63, 3.8) is 0 Å². The Morgan fingerprint density at radius 3 is 2.44 bits per heavy atom. The van der Waals surface area contributed by atoms with E-state index in [9.17, 15) is 4.79 Å². The second kappa shape index (κ2) is 7.31. The molecular weight excluding hydrogens is 318 g/mol. The predicted molar refractivity (Wildman–Crippen MR) is 93.9 cm³/mol. The zero-order valence-electron chi connectivity index (χ0n) is 15.2. The number of ether oxygens (including phenoxy) is 1. The SMILES string of the molecule is CC(C)c1ccc(-c2nnn(CC(=O)N3C[C@@H](C)O[C@H](C)C3)n2)cc1. The molecular formula is C18H25N5O2. The molecule has 134 valence electrons. The van der Waals surface area contributed by atoms with E-state index in [1.807, 2.05) is 26.0 Å². The molecule has 3 rings (SSSR count). The van der Waals surface area contributed by atoms with E-state index in [0.29, 0.717) is 24.8 Å². The monoisotopic (exact) mass is 343 g/mol. The van der Waals surface area contributed by atoms with Crippen LogP contribution in [-0.2, 0) is 16.1 Å². The number of amides is 1. The van der Waals surface area contributed by atoms with Gasteiger partial charge in [0.05, 0.1) is 12.2 Å². The number of benzene rings is 1. The van der Waals surface area contributed by atoms with Gasteiger partial charge in [-0.15, -0.1) is 10.2 Å². The lowest BCUT2D eigenvalue weighted by atomic mass is 10.0. The van der Waals surface area contributed by atoms with Crippen LogP contribution in [0.4, 0.5) is 0 Å². The summed E-state index contributed by atoms with van der Waals surface area (Å²) in [5.74, 6) is 1.00. The van der Waals surface area contributed by atoms with Crippen LogP contribution in [0, 0.1) is 0 Å². The standard InChI is InChI=1S/C18H25N5O2/c1-12(2)15-5-7-16(8-6-15)18-19-21-23(20-18)11-17(24)22-9-13(3)25-14(4)10-22/h5-8,12-14H,9-11H2,1-4H3/t13-,14-/m1/s1. The van der Waals surface area contributed by atoms with E-state index in [-0.39, 0.29) is 24.7 Å². The van der Waals surface area contributed by atoms with Gasteiger partial charge in [-0.3, -0.25) is 4.79 Å². The fourth-order valence-corrected chi connectivity index (χ4v) is 3.05. The summed E-state index contributed by atoms with van der Waals surface area (Å²) in [6, 6.07) is 8.12. The summed E-state index contributed by atoms with van der Waals surface area (Å²) in [4.78, 5) is 15.6. The van der Waals surface area contributed by atoms with E-state index >= 15 is 0 Å². The van der Waals surface area contributed by atoms with Crippen molar-refractivity contribution in [3.05, 3.63) is 29.8 Å². The highest BCUT2D eigenvalue weighted by Gasteiger charge is 2.26. The number of tetrazole rings is 1. The summed E-state index contributed by atoms with van der Waals surface area (Å²) in [6.07, 6.45) is 0.0953. The fraction of sp³-hybridized carbons (Fsp3) is 0.556. The lowest BCUT2D eigenvalue weighted by Gasteiger charge is -2.35. The molecule has 2 heterocycles. The Hall–Kier alpha value is -2.28. The molecule has 2 atom stereocenters. The molecule has 2 aromatic rings. The minimum Gasteiger partial charge on any atom is -0.372 e. The lowest BCUT2D eigenvalue weighted by molar-refractivity contribution is -0.144. The molecule has 0 saturated carbocycles. The van der Waals surface area contributed by atoms with Crippen LogP contribution in [0.2, 0.25) is 0 Å².